The van der Waals surface area contributed by atoms with Gasteiger partial charge in [-0.1, -0.05) is 12.8 Å². The Bertz CT molecular complexity index is 475. The predicted molar refractivity (Wildman–Crippen MR) is 92.1 cm³/mol. The third kappa shape index (κ3) is 5.71. The van der Waals surface area contributed by atoms with E-state index in [9.17, 15) is 0 Å². The lowest BCUT2D eigenvalue weighted by atomic mass is 10.2. The first-order valence-corrected chi connectivity index (χ1v) is 8.04. The van der Waals surface area contributed by atoms with E-state index in [1.165, 1.54) is 31.4 Å². The molecule has 1 fully saturated rings. The Hall–Kier alpha value is -1.62. The molecule has 0 atom stereocenters. The van der Waals surface area contributed by atoms with Gasteiger partial charge in [0.15, 0.2) is 5.11 Å². The molecule has 0 aromatic heterocycles. The van der Waals surface area contributed by atoms with Crippen LogP contribution in [0.3, 0.4) is 0 Å². The van der Waals surface area contributed by atoms with E-state index in [0.29, 0.717) is 11.7 Å². The van der Waals surface area contributed by atoms with Gasteiger partial charge < -0.3 is 10.1 Å². The van der Waals surface area contributed by atoms with Crippen molar-refractivity contribution in [1.29, 1.82) is 0 Å². The second-order valence-corrected chi connectivity index (χ2v) is 5.52. The van der Waals surface area contributed by atoms with E-state index >= 15 is 0 Å². The SMILES string of the molecule is CCOc1ccc(NC(=S)NN=C2CCCCCC2)cc1. The summed E-state index contributed by atoms with van der Waals surface area (Å²) >= 11 is 5.26. The number of ether oxygens (including phenoxy) is 1. The summed E-state index contributed by atoms with van der Waals surface area (Å²) in [6.45, 7) is 2.64. The van der Waals surface area contributed by atoms with E-state index in [1.807, 2.05) is 31.2 Å². The van der Waals surface area contributed by atoms with Crippen molar-refractivity contribution >= 4 is 28.7 Å². The zero-order valence-electron chi connectivity index (χ0n) is 12.5. The fourth-order valence-electron chi connectivity index (χ4n) is 2.34. The fraction of sp³-hybridized carbons (Fsp3) is 0.500. The first-order valence-electron chi connectivity index (χ1n) is 7.63. The summed E-state index contributed by atoms with van der Waals surface area (Å²) in [5.41, 5.74) is 5.10. The van der Waals surface area contributed by atoms with Gasteiger partial charge in [-0.05, 0) is 69.1 Å². The van der Waals surface area contributed by atoms with Gasteiger partial charge in [0.05, 0.1) is 6.61 Å². The molecule has 2 N–H and O–H groups in total. The molecular weight excluding hydrogens is 282 g/mol. The minimum Gasteiger partial charge on any atom is -0.494 e. The highest BCUT2D eigenvalue weighted by atomic mass is 32.1. The quantitative estimate of drug-likeness (QED) is 0.500. The van der Waals surface area contributed by atoms with E-state index in [4.69, 9.17) is 17.0 Å². The molecule has 0 amide bonds. The first kappa shape index (κ1) is 15.8. The van der Waals surface area contributed by atoms with E-state index in [0.717, 1.165) is 24.3 Å². The maximum Gasteiger partial charge on any atom is 0.191 e. The molecule has 0 heterocycles. The third-order valence-corrected chi connectivity index (χ3v) is 3.61. The van der Waals surface area contributed by atoms with Gasteiger partial charge in [-0.3, -0.25) is 5.43 Å². The van der Waals surface area contributed by atoms with Gasteiger partial charge in [0.25, 0.3) is 0 Å². The highest BCUT2D eigenvalue weighted by Gasteiger charge is 2.06. The smallest absolute Gasteiger partial charge is 0.191 e. The van der Waals surface area contributed by atoms with Crippen molar-refractivity contribution in [3.63, 3.8) is 0 Å². The summed E-state index contributed by atoms with van der Waals surface area (Å²) in [5, 5.41) is 8.07. The number of anilines is 1. The maximum atomic E-state index is 5.41. The molecule has 2 rings (SSSR count). The number of rotatable bonds is 4. The zero-order chi connectivity index (χ0) is 14.9. The highest BCUT2D eigenvalue weighted by Crippen LogP contribution is 2.16. The molecule has 0 unspecified atom stereocenters. The number of hydrogen-bond donors (Lipinski definition) is 2. The van der Waals surface area contributed by atoms with Crippen molar-refractivity contribution in [2.45, 2.75) is 45.4 Å². The highest BCUT2D eigenvalue weighted by molar-refractivity contribution is 7.80. The summed E-state index contributed by atoms with van der Waals surface area (Å²) in [7, 11) is 0. The molecule has 1 saturated carbocycles. The number of thiocarbonyl (C=S) groups is 1. The van der Waals surface area contributed by atoms with Gasteiger partial charge in [0.1, 0.15) is 5.75 Å². The second kappa shape index (κ2) is 8.62. The Kier molecular flexibility index (Phi) is 6.47. The van der Waals surface area contributed by atoms with E-state index in [1.54, 1.807) is 0 Å². The first-order chi connectivity index (χ1) is 10.3. The monoisotopic (exact) mass is 305 g/mol. The standard InChI is InChI=1S/C16H23N3OS/c1-2-20-15-11-9-13(10-12-15)17-16(21)19-18-14-7-5-3-4-6-8-14/h9-12H,2-8H2,1H3,(H2,17,19,21). The van der Waals surface area contributed by atoms with Crippen LogP contribution in [0.4, 0.5) is 5.69 Å². The minimum atomic E-state index is 0.524. The molecule has 1 aromatic rings. The molecule has 1 aliphatic rings. The number of benzene rings is 1. The topological polar surface area (TPSA) is 45.6 Å². The normalized spacial score (nSPS) is 15.0. The van der Waals surface area contributed by atoms with Crippen LogP contribution >= 0.6 is 12.2 Å². The molecule has 1 aromatic carbocycles. The van der Waals surface area contributed by atoms with E-state index in [-0.39, 0.29) is 0 Å². The molecule has 1 aliphatic carbocycles. The van der Waals surface area contributed by atoms with E-state index in [2.05, 4.69) is 15.8 Å². The lowest BCUT2D eigenvalue weighted by Crippen LogP contribution is -2.25. The second-order valence-electron chi connectivity index (χ2n) is 5.12. The molecule has 0 spiro atoms. The van der Waals surface area contributed by atoms with Gasteiger partial charge in [0.2, 0.25) is 0 Å². The van der Waals surface area contributed by atoms with Crippen molar-refractivity contribution < 1.29 is 4.74 Å². The average Bonchev–Trinajstić information content (AvgIpc) is 2.76. The largest absolute Gasteiger partial charge is 0.494 e. The maximum absolute atomic E-state index is 5.41. The molecule has 0 aliphatic heterocycles. The van der Waals surface area contributed by atoms with Crippen molar-refractivity contribution in [3.05, 3.63) is 24.3 Å². The fourth-order valence-corrected chi connectivity index (χ4v) is 2.50. The molecule has 0 radical (unpaired) electrons. The van der Waals surface area contributed by atoms with Gasteiger partial charge in [-0.2, -0.15) is 5.10 Å². The average molecular weight is 305 g/mol. The lowest BCUT2D eigenvalue weighted by molar-refractivity contribution is 0.340. The summed E-state index contributed by atoms with van der Waals surface area (Å²) in [5.74, 6) is 0.862. The molecule has 21 heavy (non-hydrogen) atoms. The van der Waals surface area contributed by atoms with Crippen LogP contribution in [-0.2, 0) is 0 Å². The van der Waals surface area contributed by atoms with Crippen molar-refractivity contribution in [3.8, 4) is 5.75 Å². The van der Waals surface area contributed by atoms with Crippen LogP contribution in [0.15, 0.2) is 29.4 Å². The Labute approximate surface area is 132 Å². The molecule has 4 nitrogen and oxygen atoms in total. The molecule has 5 heteroatoms. The molecular formula is C16H23N3OS. The third-order valence-electron chi connectivity index (χ3n) is 3.42. The minimum absolute atomic E-state index is 0.524. The Morgan fingerprint density at radius 3 is 2.43 bits per heavy atom. The Balaban J connectivity index is 1.82. The van der Waals surface area contributed by atoms with Crippen LogP contribution in [0.1, 0.15) is 45.4 Å². The van der Waals surface area contributed by atoms with Crippen molar-refractivity contribution in [2.75, 3.05) is 11.9 Å². The zero-order valence-corrected chi connectivity index (χ0v) is 13.3. The summed E-state index contributed by atoms with van der Waals surface area (Å²) in [4.78, 5) is 0. The van der Waals surface area contributed by atoms with Gasteiger partial charge >= 0.3 is 0 Å². The van der Waals surface area contributed by atoms with Crippen LogP contribution in [0.25, 0.3) is 0 Å². The number of nitrogens with zero attached hydrogens (tertiary/aromatic N) is 1. The predicted octanol–water partition coefficient (Wildman–Crippen LogP) is 4.08. The van der Waals surface area contributed by atoms with Crippen molar-refractivity contribution in [2.24, 2.45) is 5.10 Å². The van der Waals surface area contributed by atoms with Crippen LogP contribution in [-0.4, -0.2) is 17.4 Å². The summed E-state index contributed by atoms with van der Waals surface area (Å²) < 4.78 is 5.41. The number of nitrogens with one attached hydrogen (secondary N) is 2. The van der Waals surface area contributed by atoms with Crippen LogP contribution < -0.4 is 15.5 Å². The summed E-state index contributed by atoms with van der Waals surface area (Å²) in [6, 6.07) is 7.73. The van der Waals surface area contributed by atoms with Gasteiger partial charge in [-0.15, -0.1) is 0 Å². The van der Waals surface area contributed by atoms with Gasteiger partial charge in [-0.25, -0.2) is 0 Å². The van der Waals surface area contributed by atoms with Crippen LogP contribution in [0.2, 0.25) is 0 Å². The lowest BCUT2D eigenvalue weighted by Gasteiger charge is -2.09. The molecule has 114 valence electrons. The Morgan fingerprint density at radius 1 is 1.14 bits per heavy atom. The van der Waals surface area contributed by atoms with Crippen molar-refractivity contribution in [1.82, 2.24) is 5.43 Å². The molecule has 0 saturated heterocycles. The number of hydrogen-bond acceptors (Lipinski definition) is 3. The summed E-state index contributed by atoms with van der Waals surface area (Å²) in [6.07, 6.45) is 7.26. The van der Waals surface area contributed by atoms with Crippen LogP contribution in [0.5, 0.6) is 5.75 Å². The van der Waals surface area contributed by atoms with Gasteiger partial charge in [0, 0.05) is 11.4 Å². The van der Waals surface area contributed by atoms with E-state index < -0.39 is 0 Å². The molecule has 0 bridgehead atoms. The van der Waals surface area contributed by atoms with Crippen LogP contribution in [0, 0.1) is 0 Å². The number of hydrazone groups is 1. The Morgan fingerprint density at radius 2 is 1.81 bits per heavy atom.